The number of benzene rings is 1. The quantitative estimate of drug-likeness (QED) is 0.684. The molecule has 1 aliphatic heterocycles. The SMILES string of the molecule is Cc1nn(C)c2ncc(NC(=O)C3CCN(S(=O)(=O)c4ccccc4F)CC3)cc12. The van der Waals surface area contributed by atoms with Gasteiger partial charge in [-0.1, -0.05) is 12.1 Å². The van der Waals surface area contributed by atoms with E-state index in [1.54, 1.807) is 10.9 Å². The fourth-order valence-electron chi connectivity index (χ4n) is 3.77. The summed E-state index contributed by atoms with van der Waals surface area (Å²) in [5.41, 5.74) is 2.13. The summed E-state index contributed by atoms with van der Waals surface area (Å²) in [5, 5.41) is 8.05. The first-order valence-corrected chi connectivity index (χ1v) is 11.1. The van der Waals surface area contributed by atoms with Crippen LogP contribution in [0.4, 0.5) is 10.1 Å². The molecule has 0 unspecified atom stereocenters. The lowest BCUT2D eigenvalue weighted by Crippen LogP contribution is -2.41. The number of carbonyl (C=O) groups is 1. The Morgan fingerprint density at radius 1 is 1.23 bits per heavy atom. The van der Waals surface area contributed by atoms with Gasteiger partial charge in [0.05, 0.1) is 17.6 Å². The number of sulfonamides is 1. The van der Waals surface area contributed by atoms with Crippen molar-refractivity contribution in [3.63, 3.8) is 0 Å². The van der Waals surface area contributed by atoms with E-state index >= 15 is 0 Å². The van der Waals surface area contributed by atoms with Crippen LogP contribution in [0, 0.1) is 18.7 Å². The van der Waals surface area contributed by atoms with Crippen LogP contribution in [-0.4, -0.2) is 46.5 Å². The monoisotopic (exact) mass is 431 g/mol. The zero-order valence-corrected chi connectivity index (χ0v) is 17.5. The summed E-state index contributed by atoms with van der Waals surface area (Å²) in [6.07, 6.45) is 2.31. The normalized spacial score (nSPS) is 16.1. The molecule has 158 valence electrons. The number of amides is 1. The number of hydrogen-bond acceptors (Lipinski definition) is 5. The molecule has 0 aliphatic carbocycles. The van der Waals surface area contributed by atoms with E-state index < -0.39 is 15.8 Å². The molecule has 30 heavy (non-hydrogen) atoms. The first kappa shape index (κ1) is 20.4. The average Bonchev–Trinajstić information content (AvgIpc) is 3.01. The fourth-order valence-corrected chi connectivity index (χ4v) is 5.31. The van der Waals surface area contributed by atoms with Crippen molar-refractivity contribution in [3.05, 3.63) is 48.0 Å². The third-order valence-corrected chi connectivity index (χ3v) is 7.34. The van der Waals surface area contributed by atoms with Gasteiger partial charge in [-0.2, -0.15) is 9.40 Å². The zero-order chi connectivity index (χ0) is 21.5. The molecule has 8 nitrogen and oxygen atoms in total. The number of fused-ring (bicyclic) bond motifs is 1. The first-order chi connectivity index (χ1) is 14.3. The Labute approximate surface area is 173 Å². The molecule has 2 aromatic heterocycles. The van der Waals surface area contributed by atoms with Crippen LogP contribution in [-0.2, 0) is 21.9 Å². The van der Waals surface area contributed by atoms with Gasteiger partial charge in [-0.25, -0.2) is 17.8 Å². The minimum atomic E-state index is -3.92. The van der Waals surface area contributed by atoms with Crippen molar-refractivity contribution in [3.8, 4) is 0 Å². The predicted molar refractivity (Wildman–Crippen MR) is 110 cm³/mol. The second-order valence-electron chi connectivity index (χ2n) is 7.40. The number of carbonyl (C=O) groups excluding carboxylic acids is 1. The molecule has 0 saturated carbocycles. The maximum Gasteiger partial charge on any atom is 0.245 e. The molecule has 1 fully saturated rings. The molecular formula is C20H22FN5O3S. The van der Waals surface area contributed by atoms with E-state index in [-0.39, 0.29) is 29.8 Å². The molecule has 0 atom stereocenters. The van der Waals surface area contributed by atoms with Crippen molar-refractivity contribution in [1.82, 2.24) is 19.1 Å². The van der Waals surface area contributed by atoms with Gasteiger partial charge < -0.3 is 5.32 Å². The summed E-state index contributed by atoms with van der Waals surface area (Å²) in [4.78, 5) is 16.7. The van der Waals surface area contributed by atoms with E-state index in [2.05, 4.69) is 15.4 Å². The van der Waals surface area contributed by atoms with Gasteiger partial charge in [0, 0.05) is 31.4 Å². The molecule has 1 saturated heterocycles. The van der Waals surface area contributed by atoms with Crippen molar-refractivity contribution >= 4 is 32.7 Å². The Morgan fingerprint density at radius 3 is 2.63 bits per heavy atom. The van der Waals surface area contributed by atoms with Crippen molar-refractivity contribution < 1.29 is 17.6 Å². The first-order valence-electron chi connectivity index (χ1n) is 9.62. The van der Waals surface area contributed by atoms with Crippen LogP contribution < -0.4 is 5.32 Å². The summed E-state index contributed by atoms with van der Waals surface area (Å²) in [6.45, 7) is 2.20. The molecule has 3 aromatic rings. The van der Waals surface area contributed by atoms with Crippen molar-refractivity contribution in [1.29, 1.82) is 0 Å². The van der Waals surface area contributed by atoms with Gasteiger partial charge in [0.2, 0.25) is 15.9 Å². The number of aryl methyl sites for hydroxylation is 2. The third kappa shape index (κ3) is 3.68. The lowest BCUT2D eigenvalue weighted by Gasteiger charge is -2.30. The van der Waals surface area contributed by atoms with Crippen LogP contribution in [0.1, 0.15) is 18.5 Å². The van der Waals surface area contributed by atoms with E-state index in [9.17, 15) is 17.6 Å². The summed E-state index contributed by atoms with van der Waals surface area (Å²) in [7, 11) is -2.11. The Bertz CT molecular complexity index is 1220. The third-order valence-electron chi connectivity index (χ3n) is 5.41. The van der Waals surface area contributed by atoms with Gasteiger partial charge in [-0.3, -0.25) is 9.48 Å². The van der Waals surface area contributed by atoms with E-state index in [1.165, 1.54) is 22.5 Å². The highest BCUT2D eigenvalue weighted by Crippen LogP contribution is 2.26. The zero-order valence-electron chi connectivity index (χ0n) is 16.7. The molecule has 4 rings (SSSR count). The number of nitrogens with zero attached hydrogens (tertiary/aromatic N) is 4. The molecule has 1 amide bonds. The molecule has 1 aliphatic rings. The minimum Gasteiger partial charge on any atom is -0.324 e. The smallest absolute Gasteiger partial charge is 0.245 e. The molecule has 3 heterocycles. The maximum absolute atomic E-state index is 13.9. The van der Waals surface area contributed by atoms with Crippen molar-refractivity contribution in [2.24, 2.45) is 13.0 Å². The lowest BCUT2D eigenvalue weighted by molar-refractivity contribution is -0.120. The van der Waals surface area contributed by atoms with Gasteiger partial charge in [0.25, 0.3) is 0 Å². The van der Waals surface area contributed by atoms with Crippen LogP contribution in [0.15, 0.2) is 41.4 Å². The number of rotatable bonds is 4. The highest BCUT2D eigenvalue weighted by molar-refractivity contribution is 7.89. The molecule has 1 N–H and O–H groups in total. The Morgan fingerprint density at radius 2 is 1.93 bits per heavy atom. The second kappa shape index (κ2) is 7.77. The van der Waals surface area contributed by atoms with Gasteiger partial charge in [0.15, 0.2) is 5.65 Å². The van der Waals surface area contributed by atoms with Crippen molar-refractivity contribution in [2.75, 3.05) is 18.4 Å². The van der Waals surface area contributed by atoms with Crippen LogP contribution in [0.3, 0.4) is 0 Å². The molecule has 0 bridgehead atoms. The van der Waals surface area contributed by atoms with Gasteiger partial charge in [-0.05, 0) is 38.0 Å². The summed E-state index contributed by atoms with van der Waals surface area (Å²) < 4.78 is 42.3. The molecule has 0 spiro atoms. The largest absolute Gasteiger partial charge is 0.324 e. The van der Waals surface area contributed by atoms with Crippen LogP contribution in [0.5, 0.6) is 0 Å². The summed E-state index contributed by atoms with van der Waals surface area (Å²) in [5.74, 6) is -1.28. The number of anilines is 1. The molecule has 0 radical (unpaired) electrons. The van der Waals surface area contributed by atoms with Gasteiger partial charge >= 0.3 is 0 Å². The number of piperidine rings is 1. The van der Waals surface area contributed by atoms with E-state index in [0.717, 1.165) is 22.8 Å². The summed E-state index contributed by atoms with van der Waals surface area (Å²) in [6, 6.07) is 7.16. The highest BCUT2D eigenvalue weighted by Gasteiger charge is 2.33. The Hall–Kier alpha value is -2.85. The standard InChI is InChI=1S/C20H22FN5O3S/c1-13-16-11-15(12-22-19(16)25(2)24-13)23-20(27)14-7-9-26(10-8-14)30(28,29)18-6-4-3-5-17(18)21/h3-6,11-12,14H,7-10H2,1-2H3,(H,23,27). The topological polar surface area (TPSA) is 97.2 Å². The maximum atomic E-state index is 13.9. The number of hydrogen-bond donors (Lipinski definition) is 1. The van der Waals surface area contributed by atoms with Crippen molar-refractivity contribution in [2.45, 2.75) is 24.7 Å². The summed E-state index contributed by atoms with van der Waals surface area (Å²) >= 11 is 0. The number of nitrogens with one attached hydrogen (secondary N) is 1. The highest BCUT2D eigenvalue weighted by atomic mass is 32.2. The predicted octanol–water partition coefficient (Wildman–Crippen LogP) is 2.46. The molecule has 10 heteroatoms. The minimum absolute atomic E-state index is 0.160. The Kier molecular flexibility index (Phi) is 5.29. The number of pyridine rings is 1. The second-order valence-corrected chi connectivity index (χ2v) is 9.31. The number of halogens is 1. The fraction of sp³-hybridized carbons (Fsp3) is 0.350. The van der Waals surface area contributed by atoms with E-state index in [0.29, 0.717) is 18.5 Å². The van der Waals surface area contributed by atoms with Gasteiger partial charge in [-0.15, -0.1) is 0 Å². The van der Waals surface area contributed by atoms with Crippen LogP contribution >= 0.6 is 0 Å². The molecule has 1 aromatic carbocycles. The van der Waals surface area contributed by atoms with Crippen LogP contribution in [0.2, 0.25) is 0 Å². The van der Waals surface area contributed by atoms with Crippen LogP contribution in [0.25, 0.3) is 11.0 Å². The van der Waals surface area contributed by atoms with Gasteiger partial charge in [0.1, 0.15) is 10.7 Å². The average molecular weight is 431 g/mol. The Balaban J connectivity index is 1.42. The number of aromatic nitrogens is 3. The van der Waals surface area contributed by atoms with E-state index in [4.69, 9.17) is 0 Å². The molecular weight excluding hydrogens is 409 g/mol. The van der Waals surface area contributed by atoms with E-state index in [1.807, 2.05) is 20.0 Å². The lowest BCUT2D eigenvalue weighted by atomic mass is 9.97.